The van der Waals surface area contributed by atoms with E-state index < -0.39 is 0 Å². The molecule has 1 aliphatic heterocycles. The highest BCUT2D eigenvalue weighted by Gasteiger charge is 2.25. The molecule has 4 rings (SSSR count). The first-order chi connectivity index (χ1) is 19.2. The summed E-state index contributed by atoms with van der Waals surface area (Å²) in [4.78, 5) is 37.1. The van der Waals surface area contributed by atoms with Crippen molar-refractivity contribution in [2.45, 2.75) is 13.3 Å². The number of fused-ring (bicyclic) bond motifs is 1. The number of likely N-dealkylation sites (N-methyl/N-ethyl adjacent to an activating group) is 2. The van der Waals surface area contributed by atoms with Gasteiger partial charge in [0.2, 0.25) is 17.8 Å². The third kappa shape index (κ3) is 6.27. The number of hydrogen-bond donors (Lipinski definition) is 4. The van der Waals surface area contributed by atoms with Crippen LogP contribution >= 0.6 is 11.6 Å². The number of hydrogen-bond acceptors (Lipinski definition) is 9. The molecule has 0 spiro atoms. The number of halogens is 1. The lowest BCUT2D eigenvalue weighted by molar-refractivity contribution is -0.116. The molecule has 11 nitrogen and oxygen atoms in total. The number of methoxy groups -OCH3 is 1. The van der Waals surface area contributed by atoms with E-state index in [1.54, 1.807) is 25.0 Å². The van der Waals surface area contributed by atoms with Gasteiger partial charge < -0.3 is 35.8 Å². The predicted molar refractivity (Wildman–Crippen MR) is 161 cm³/mol. The minimum atomic E-state index is -0.344. The number of rotatable bonds is 11. The van der Waals surface area contributed by atoms with Crippen molar-refractivity contribution in [2.75, 3.05) is 66.6 Å². The van der Waals surface area contributed by atoms with Gasteiger partial charge in [0.25, 0.3) is 0 Å². The first-order valence-electron chi connectivity index (χ1n) is 12.7. The summed E-state index contributed by atoms with van der Waals surface area (Å²) in [5.41, 5.74) is 4.47. The molecule has 0 bridgehead atoms. The lowest BCUT2D eigenvalue weighted by atomic mass is 10.1. The van der Waals surface area contributed by atoms with E-state index in [1.807, 2.05) is 43.3 Å². The average Bonchev–Trinajstić information content (AvgIpc) is 3.39. The number of amides is 2. The average molecular weight is 565 g/mol. The van der Waals surface area contributed by atoms with Crippen LogP contribution in [-0.2, 0) is 16.0 Å². The van der Waals surface area contributed by atoms with Gasteiger partial charge >= 0.3 is 0 Å². The topological polar surface area (TPSA) is 124 Å². The second kappa shape index (κ2) is 12.7. The fourth-order valence-electron chi connectivity index (χ4n) is 4.47. The Morgan fingerprint density at radius 3 is 2.73 bits per heavy atom. The number of nitrogens with one attached hydrogen (secondary N) is 4. The normalized spacial score (nSPS) is 12.0. The Hall–Kier alpha value is -4.35. The van der Waals surface area contributed by atoms with E-state index in [0.717, 1.165) is 35.6 Å². The molecular weight excluding hydrogens is 532 g/mol. The van der Waals surface area contributed by atoms with Crippen molar-refractivity contribution >= 4 is 63.6 Å². The number of aromatic nitrogens is 2. The van der Waals surface area contributed by atoms with Crippen molar-refractivity contribution in [2.24, 2.45) is 0 Å². The van der Waals surface area contributed by atoms with Crippen molar-refractivity contribution in [1.82, 2.24) is 15.3 Å². The van der Waals surface area contributed by atoms with E-state index in [-0.39, 0.29) is 17.8 Å². The maximum absolute atomic E-state index is 12.2. The Kier molecular flexibility index (Phi) is 9.08. The molecule has 2 aromatic carbocycles. The zero-order valence-electron chi connectivity index (χ0n) is 23.0. The minimum absolute atomic E-state index is 0.0318. The maximum Gasteiger partial charge on any atom is 0.247 e. The van der Waals surface area contributed by atoms with Gasteiger partial charge in [0, 0.05) is 39.7 Å². The smallest absolute Gasteiger partial charge is 0.247 e. The monoisotopic (exact) mass is 564 g/mol. The summed E-state index contributed by atoms with van der Waals surface area (Å²) in [6.07, 6.45) is 3.47. The fourth-order valence-corrected chi connectivity index (χ4v) is 4.61. The van der Waals surface area contributed by atoms with E-state index in [9.17, 15) is 9.59 Å². The van der Waals surface area contributed by atoms with Crippen LogP contribution in [0.5, 0.6) is 5.75 Å². The largest absolute Gasteiger partial charge is 0.494 e. The number of carbonyl (C=O) groups excluding carboxylic acids is 2. The van der Waals surface area contributed by atoms with Crippen LogP contribution in [0.2, 0.25) is 5.02 Å². The molecule has 0 atom stereocenters. The van der Waals surface area contributed by atoms with E-state index in [4.69, 9.17) is 16.3 Å². The third-order valence-corrected chi connectivity index (χ3v) is 6.76. The lowest BCUT2D eigenvalue weighted by Crippen LogP contribution is -2.28. The van der Waals surface area contributed by atoms with Gasteiger partial charge in [0.05, 0.1) is 41.7 Å². The molecule has 1 aliphatic rings. The van der Waals surface area contributed by atoms with E-state index in [2.05, 4.69) is 37.8 Å². The molecule has 0 unspecified atom stereocenters. The highest BCUT2D eigenvalue weighted by atomic mass is 35.5. The predicted octanol–water partition coefficient (Wildman–Crippen LogP) is 4.31. The number of para-hydroxylation sites is 1. The molecule has 210 valence electrons. The van der Waals surface area contributed by atoms with E-state index in [0.29, 0.717) is 41.1 Å². The molecule has 2 amide bonds. The van der Waals surface area contributed by atoms with Crippen molar-refractivity contribution < 1.29 is 14.3 Å². The summed E-state index contributed by atoms with van der Waals surface area (Å²) in [5.74, 6) is 0.761. The molecule has 40 heavy (non-hydrogen) atoms. The van der Waals surface area contributed by atoms with Crippen LogP contribution in [0, 0.1) is 0 Å². The molecule has 2 heterocycles. The van der Waals surface area contributed by atoms with Crippen molar-refractivity contribution in [3.8, 4) is 5.75 Å². The highest BCUT2D eigenvalue weighted by molar-refractivity contribution is 6.33. The van der Waals surface area contributed by atoms with E-state index in [1.165, 1.54) is 12.3 Å². The van der Waals surface area contributed by atoms with E-state index >= 15 is 0 Å². The van der Waals surface area contributed by atoms with Crippen LogP contribution in [-0.4, -0.2) is 62.6 Å². The summed E-state index contributed by atoms with van der Waals surface area (Å²) in [6, 6.07) is 9.40. The summed E-state index contributed by atoms with van der Waals surface area (Å²) in [7, 11) is 5.37. The molecule has 12 heteroatoms. The van der Waals surface area contributed by atoms with Gasteiger partial charge in [0.1, 0.15) is 10.8 Å². The van der Waals surface area contributed by atoms with Crippen LogP contribution in [0.15, 0.2) is 49.2 Å². The molecule has 0 fully saturated rings. The molecule has 0 saturated heterocycles. The first-order valence-corrected chi connectivity index (χ1v) is 13.1. The van der Waals surface area contributed by atoms with Crippen molar-refractivity contribution in [3.63, 3.8) is 0 Å². The van der Waals surface area contributed by atoms with Gasteiger partial charge in [-0.2, -0.15) is 4.98 Å². The highest BCUT2D eigenvalue weighted by Crippen LogP contribution is 2.40. The number of benzene rings is 2. The van der Waals surface area contributed by atoms with Gasteiger partial charge in [-0.1, -0.05) is 30.3 Å². The lowest BCUT2D eigenvalue weighted by Gasteiger charge is -2.24. The summed E-state index contributed by atoms with van der Waals surface area (Å²) >= 11 is 6.47. The Labute approximate surface area is 238 Å². The molecular formula is C28H33ClN8O3. The number of ether oxygens (including phenoxy) is 1. The molecule has 0 saturated carbocycles. The zero-order chi connectivity index (χ0) is 28.8. The molecule has 3 aromatic rings. The Balaban J connectivity index is 1.67. The number of anilines is 7. The van der Waals surface area contributed by atoms with Crippen LogP contribution in [0.3, 0.4) is 0 Å². The number of carbonyl (C=O) groups is 2. The Morgan fingerprint density at radius 2 is 2.02 bits per heavy atom. The van der Waals surface area contributed by atoms with Gasteiger partial charge in [-0.25, -0.2) is 4.98 Å². The van der Waals surface area contributed by atoms with Gasteiger partial charge in [0.15, 0.2) is 5.82 Å². The number of nitrogens with zero attached hydrogens (tertiary/aromatic N) is 4. The Morgan fingerprint density at radius 1 is 1.23 bits per heavy atom. The van der Waals surface area contributed by atoms with Crippen molar-refractivity contribution in [1.29, 1.82) is 0 Å². The SMILES string of the molecule is C=CC(=O)Nc1cc(Nc2ncc(Cl)c(Nc3cccc4c3N(C(C)=O)CC4)n2)c(OC)cc1N(C)CCNC. The first kappa shape index (κ1) is 28.7. The van der Waals surface area contributed by atoms with Crippen LogP contribution in [0.25, 0.3) is 0 Å². The third-order valence-electron chi connectivity index (χ3n) is 6.49. The van der Waals surface area contributed by atoms with Crippen LogP contribution in [0.4, 0.5) is 40.2 Å². The van der Waals surface area contributed by atoms with Crippen LogP contribution in [0.1, 0.15) is 12.5 Å². The molecule has 4 N–H and O–H groups in total. The molecule has 0 aliphatic carbocycles. The van der Waals surface area contributed by atoms with Crippen LogP contribution < -0.4 is 35.8 Å². The van der Waals surface area contributed by atoms with Gasteiger partial charge in [-0.15, -0.1) is 0 Å². The van der Waals surface area contributed by atoms with Gasteiger partial charge in [-0.3, -0.25) is 9.59 Å². The van der Waals surface area contributed by atoms with Crippen molar-refractivity contribution in [3.05, 3.63) is 59.8 Å². The second-order valence-electron chi connectivity index (χ2n) is 9.16. The summed E-state index contributed by atoms with van der Waals surface area (Å²) in [6.45, 7) is 7.17. The maximum atomic E-state index is 12.2. The second-order valence-corrected chi connectivity index (χ2v) is 9.57. The minimum Gasteiger partial charge on any atom is -0.494 e. The molecule has 1 aromatic heterocycles. The standard InChI is InChI=1S/C28H33ClN8O3/c1-6-25(39)32-21-14-22(24(40-5)15-23(21)36(4)13-11-30-3)34-28-31-16-19(29)27(35-28)33-20-9-7-8-18-10-12-37(17(2)38)26(18)20/h6-9,14-16,30H,1,10-13H2,2-5H3,(H,32,39)(H2,31,33,34,35). The fraction of sp³-hybridized carbons (Fsp3) is 0.286. The summed E-state index contributed by atoms with van der Waals surface area (Å²) < 4.78 is 5.66. The van der Waals surface area contributed by atoms with Gasteiger partial charge in [-0.05, 0) is 37.2 Å². The molecule has 0 radical (unpaired) electrons. The Bertz CT molecular complexity index is 1430. The summed E-state index contributed by atoms with van der Waals surface area (Å²) in [5, 5.41) is 12.7. The zero-order valence-corrected chi connectivity index (χ0v) is 23.7. The quantitative estimate of drug-likeness (QED) is 0.252.